The first-order valence-electron chi connectivity index (χ1n) is 4.94. The first kappa shape index (κ1) is 9.93. The molecule has 0 bridgehead atoms. The monoisotopic (exact) mass is 203 g/mol. The first-order valence-corrected chi connectivity index (χ1v) is 4.94. The van der Waals surface area contributed by atoms with E-state index in [1.165, 1.54) is 0 Å². The summed E-state index contributed by atoms with van der Waals surface area (Å²) in [5.74, 6) is -0.826. The SMILES string of the molecule is C[C@H](NC1C=Cc2ccccc21)C(=O)O. The second-order valence-electron chi connectivity index (χ2n) is 3.69. The zero-order valence-electron chi connectivity index (χ0n) is 8.47. The molecule has 15 heavy (non-hydrogen) atoms. The Balaban J connectivity index is 2.15. The first-order chi connectivity index (χ1) is 7.18. The third-order valence-corrected chi connectivity index (χ3v) is 2.60. The lowest BCUT2D eigenvalue weighted by Gasteiger charge is -2.16. The van der Waals surface area contributed by atoms with Crippen LogP contribution in [0.1, 0.15) is 24.1 Å². The molecule has 1 aromatic rings. The lowest BCUT2D eigenvalue weighted by Crippen LogP contribution is -2.35. The van der Waals surface area contributed by atoms with E-state index in [9.17, 15) is 4.79 Å². The van der Waals surface area contributed by atoms with Gasteiger partial charge < -0.3 is 5.11 Å². The molecule has 1 aromatic carbocycles. The molecule has 3 heteroatoms. The largest absolute Gasteiger partial charge is 0.480 e. The van der Waals surface area contributed by atoms with Crippen LogP contribution in [0.3, 0.4) is 0 Å². The molecule has 0 heterocycles. The van der Waals surface area contributed by atoms with E-state index in [0.717, 1.165) is 11.1 Å². The summed E-state index contributed by atoms with van der Waals surface area (Å²) in [6.45, 7) is 1.65. The molecule has 2 rings (SSSR count). The van der Waals surface area contributed by atoms with Gasteiger partial charge in [-0.15, -0.1) is 0 Å². The second kappa shape index (κ2) is 3.87. The Morgan fingerprint density at radius 3 is 2.93 bits per heavy atom. The number of fused-ring (bicyclic) bond motifs is 1. The minimum Gasteiger partial charge on any atom is -0.480 e. The van der Waals surface area contributed by atoms with E-state index < -0.39 is 12.0 Å². The zero-order valence-corrected chi connectivity index (χ0v) is 8.47. The van der Waals surface area contributed by atoms with Gasteiger partial charge >= 0.3 is 5.97 Å². The van der Waals surface area contributed by atoms with E-state index in [1.54, 1.807) is 6.92 Å². The van der Waals surface area contributed by atoms with Gasteiger partial charge in [-0.25, -0.2) is 0 Å². The molecule has 0 spiro atoms. The highest BCUT2D eigenvalue weighted by Gasteiger charge is 2.20. The quantitative estimate of drug-likeness (QED) is 0.787. The van der Waals surface area contributed by atoms with E-state index in [4.69, 9.17) is 5.11 Å². The lowest BCUT2D eigenvalue weighted by atomic mass is 10.1. The van der Waals surface area contributed by atoms with Gasteiger partial charge in [0.25, 0.3) is 0 Å². The normalized spacial score (nSPS) is 19.9. The maximum atomic E-state index is 10.7. The number of benzene rings is 1. The predicted octanol–water partition coefficient (Wildman–Crippen LogP) is 1.82. The maximum Gasteiger partial charge on any atom is 0.320 e. The number of hydrogen-bond acceptors (Lipinski definition) is 2. The van der Waals surface area contributed by atoms with Gasteiger partial charge in [-0.05, 0) is 18.1 Å². The Hall–Kier alpha value is -1.61. The maximum absolute atomic E-state index is 10.7. The molecule has 78 valence electrons. The molecule has 3 nitrogen and oxygen atoms in total. The van der Waals surface area contributed by atoms with Crippen LogP contribution in [0.2, 0.25) is 0 Å². The van der Waals surface area contributed by atoms with Gasteiger partial charge in [0, 0.05) is 0 Å². The Labute approximate surface area is 88.4 Å². The van der Waals surface area contributed by atoms with Gasteiger partial charge in [0.15, 0.2) is 0 Å². The van der Waals surface area contributed by atoms with Gasteiger partial charge in [0.1, 0.15) is 6.04 Å². The molecule has 0 aliphatic heterocycles. The predicted molar refractivity (Wildman–Crippen MR) is 58.5 cm³/mol. The van der Waals surface area contributed by atoms with Crippen molar-refractivity contribution in [3.63, 3.8) is 0 Å². The van der Waals surface area contributed by atoms with Gasteiger partial charge in [-0.2, -0.15) is 0 Å². The Bertz CT molecular complexity index is 412. The van der Waals surface area contributed by atoms with Crippen LogP contribution in [0.4, 0.5) is 0 Å². The molecule has 0 aromatic heterocycles. The summed E-state index contributed by atoms with van der Waals surface area (Å²) in [5, 5.41) is 11.9. The lowest BCUT2D eigenvalue weighted by molar-refractivity contribution is -0.139. The zero-order chi connectivity index (χ0) is 10.8. The molecule has 0 amide bonds. The molecule has 1 aliphatic carbocycles. The molecule has 0 saturated heterocycles. The third kappa shape index (κ3) is 1.92. The summed E-state index contributed by atoms with van der Waals surface area (Å²) < 4.78 is 0. The van der Waals surface area contributed by atoms with Crippen LogP contribution in [-0.4, -0.2) is 17.1 Å². The van der Waals surface area contributed by atoms with Crippen LogP contribution in [0.25, 0.3) is 6.08 Å². The highest BCUT2D eigenvalue weighted by molar-refractivity contribution is 5.73. The minimum atomic E-state index is -0.826. The van der Waals surface area contributed by atoms with Crippen molar-refractivity contribution in [1.29, 1.82) is 0 Å². The standard InChI is InChI=1S/C12H13NO2/c1-8(12(14)15)13-11-7-6-9-4-2-3-5-10(9)11/h2-8,11,13H,1H3,(H,14,15)/t8-,11?/m0/s1. The van der Waals surface area contributed by atoms with E-state index in [-0.39, 0.29) is 6.04 Å². The summed E-state index contributed by atoms with van der Waals surface area (Å²) in [5.41, 5.74) is 2.30. The molecule has 2 N–H and O–H groups in total. The second-order valence-corrected chi connectivity index (χ2v) is 3.69. The van der Waals surface area contributed by atoms with Crippen molar-refractivity contribution in [3.8, 4) is 0 Å². The van der Waals surface area contributed by atoms with E-state index in [0.29, 0.717) is 0 Å². The number of hydrogen-bond donors (Lipinski definition) is 2. The number of rotatable bonds is 3. The minimum absolute atomic E-state index is 0.0206. The number of aliphatic carboxylic acids is 1. The highest BCUT2D eigenvalue weighted by atomic mass is 16.4. The Morgan fingerprint density at radius 1 is 1.47 bits per heavy atom. The molecule has 0 fully saturated rings. The van der Waals surface area contributed by atoms with Crippen LogP contribution < -0.4 is 5.32 Å². The Kier molecular flexibility index (Phi) is 2.56. The van der Waals surface area contributed by atoms with Crippen molar-refractivity contribution in [2.45, 2.75) is 19.0 Å². The fourth-order valence-corrected chi connectivity index (χ4v) is 1.74. The Morgan fingerprint density at radius 2 is 2.20 bits per heavy atom. The highest BCUT2D eigenvalue weighted by Crippen LogP contribution is 2.27. The number of nitrogens with one attached hydrogen (secondary N) is 1. The molecule has 1 aliphatic rings. The third-order valence-electron chi connectivity index (χ3n) is 2.60. The van der Waals surface area contributed by atoms with Crippen LogP contribution in [-0.2, 0) is 4.79 Å². The summed E-state index contributed by atoms with van der Waals surface area (Å²) >= 11 is 0. The average molecular weight is 203 g/mol. The molecule has 0 radical (unpaired) electrons. The van der Waals surface area contributed by atoms with Gasteiger partial charge in [0.05, 0.1) is 6.04 Å². The van der Waals surface area contributed by atoms with Crippen LogP contribution >= 0.6 is 0 Å². The molecular weight excluding hydrogens is 190 g/mol. The number of carbonyl (C=O) groups is 1. The van der Waals surface area contributed by atoms with E-state index >= 15 is 0 Å². The fourth-order valence-electron chi connectivity index (χ4n) is 1.74. The number of carboxylic acids is 1. The van der Waals surface area contributed by atoms with Crippen molar-refractivity contribution >= 4 is 12.0 Å². The summed E-state index contributed by atoms with van der Waals surface area (Å²) in [4.78, 5) is 10.7. The van der Waals surface area contributed by atoms with Crippen LogP contribution in [0.5, 0.6) is 0 Å². The van der Waals surface area contributed by atoms with Crippen molar-refractivity contribution in [3.05, 3.63) is 41.5 Å². The molecule has 2 atom stereocenters. The summed E-state index contributed by atoms with van der Waals surface area (Å²) in [6.07, 6.45) is 4.01. The van der Waals surface area contributed by atoms with Crippen LogP contribution in [0, 0.1) is 0 Å². The van der Waals surface area contributed by atoms with Gasteiger partial charge in [0.2, 0.25) is 0 Å². The molecule has 1 unspecified atom stereocenters. The summed E-state index contributed by atoms with van der Waals surface area (Å²) in [7, 11) is 0. The van der Waals surface area contributed by atoms with E-state index in [2.05, 4.69) is 5.32 Å². The van der Waals surface area contributed by atoms with Crippen molar-refractivity contribution in [2.24, 2.45) is 0 Å². The average Bonchev–Trinajstić information content (AvgIpc) is 2.62. The van der Waals surface area contributed by atoms with Crippen molar-refractivity contribution in [2.75, 3.05) is 0 Å². The van der Waals surface area contributed by atoms with Crippen LogP contribution in [0.15, 0.2) is 30.3 Å². The summed E-state index contributed by atoms with van der Waals surface area (Å²) in [6, 6.07) is 7.47. The fraction of sp³-hybridized carbons (Fsp3) is 0.250. The van der Waals surface area contributed by atoms with Gasteiger partial charge in [-0.3, -0.25) is 10.1 Å². The topological polar surface area (TPSA) is 49.3 Å². The van der Waals surface area contributed by atoms with Crippen molar-refractivity contribution < 1.29 is 9.90 Å². The van der Waals surface area contributed by atoms with Crippen molar-refractivity contribution in [1.82, 2.24) is 5.32 Å². The molecule has 0 saturated carbocycles. The number of carboxylic acid groups (broad SMARTS) is 1. The van der Waals surface area contributed by atoms with Gasteiger partial charge in [-0.1, -0.05) is 36.4 Å². The smallest absolute Gasteiger partial charge is 0.320 e. The van der Waals surface area contributed by atoms with E-state index in [1.807, 2.05) is 36.4 Å². The molecular formula is C12H13NO2.